The molecule has 0 unspecified atom stereocenters. The van der Waals surface area contributed by atoms with Gasteiger partial charge in [0.15, 0.2) is 0 Å². The molecule has 0 spiro atoms. The molecule has 1 aromatic rings. The van der Waals surface area contributed by atoms with Gasteiger partial charge in [-0.1, -0.05) is 30.5 Å². The predicted molar refractivity (Wildman–Crippen MR) is 72.4 cm³/mol. The van der Waals surface area contributed by atoms with Crippen molar-refractivity contribution in [2.24, 2.45) is 5.92 Å². The molecule has 1 fully saturated rings. The molecule has 2 rings (SSSR count). The van der Waals surface area contributed by atoms with Gasteiger partial charge in [0.05, 0.1) is 0 Å². The number of hydrogen-bond acceptors (Lipinski definition) is 2. The van der Waals surface area contributed by atoms with E-state index in [1.807, 2.05) is 0 Å². The maximum absolute atomic E-state index is 12.1. The van der Waals surface area contributed by atoms with Crippen LogP contribution in [0, 0.1) is 12.8 Å². The van der Waals surface area contributed by atoms with Crippen LogP contribution in [0.1, 0.15) is 35.2 Å². The zero-order valence-corrected chi connectivity index (χ0v) is 11.4. The molecule has 0 bridgehead atoms. The van der Waals surface area contributed by atoms with Gasteiger partial charge in [-0.2, -0.15) is 0 Å². The van der Waals surface area contributed by atoms with Gasteiger partial charge in [0.1, 0.15) is 6.04 Å². The molecule has 1 aromatic carbocycles. The maximum Gasteiger partial charge on any atom is 0.326 e. The van der Waals surface area contributed by atoms with Crippen LogP contribution in [0.3, 0.4) is 0 Å². The lowest BCUT2D eigenvalue weighted by Gasteiger charge is -2.15. The Morgan fingerprint density at radius 2 is 2.16 bits per heavy atom. The lowest BCUT2D eigenvalue weighted by atomic mass is 10.1. The van der Waals surface area contributed by atoms with Crippen LogP contribution in [0.4, 0.5) is 0 Å². The number of carbonyl (C=O) groups excluding carboxylic acids is 1. The summed E-state index contributed by atoms with van der Waals surface area (Å²) in [4.78, 5) is 23.2. The van der Waals surface area contributed by atoms with Crippen molar-refractivity contribution in [1.82, 2.24) is 5.32 Å². The molecule has 0 aromatic heterocycles. The van der Waals surface area contributed by atoms with Gasteiger partial charge in [-0.3, -0.25) is 4.79 Å². The van der Waals surface area contributed by atoms with Crippen molar-refractivity contribution in [2.75, 3.05) is 0 Å². The first-order valence-corrected chi connectivity index (χ1v) is 6.65. The number of halogens is 1. The summed E-state index contributed by atoms with van der Waals surface area (Å²) in [7, 11) is 0. The number of amides is 1. The highest BCUT2D eigenvalue weighted by Crippen LogP contribution is 2.33. The van der Waals surface area contributed by atoms with Gasteiger partial charge in [0.2, 0.25) is 0 Å². The Hall–Kier alpha value is -1.55. The third-order valence-electron chi connectivity index (χ3n) is 3.38. The summed E-state index contributed by atoms with van der Waals surface area (Å²) in [6.07, 6.45) is 2.60. The highest BCUT2D eigenvalue weighted by molar-refractivity contribution is 6.31. The SMILES string of the molecule is Cc1c(Cl)cccc1C(=O)N[C@@H](CC1CC1)C(=O)O. The van der Waals surface area contributed by atoms with Gasteiger partial charge >= 0.3 is 5.97 Å². The monoisotopic (exact) mass is 281 g/mol. The van der Waals surface area contributed by atoms with Crippen LogP contribution >= 0.6 is 11.6 Å². The molecule has 0 saturated heterocycles. The highest BCUT2D eigenvalue weighted by atomic mass is 35.5. The first kappa shape index (κ1) is 13.9. The molecule has 0 heterocycles. The third kappa shape index (κ3) is 3.47. The minimum atomic E-state index is -0.986. The normalized spacial score (nSPS) is 15.9. The fourth-order valence-electron chi connectivity index (χ4n) is 2.00. The Morgan fingerprint density at radius 3 is 2.74 bits per heavy atom. The lowest BCUT2D eigenvalue weighted by Crippen LogP contribution is -2.41. The topological polar surface area (TPSA) is 66.4 Å². The number of rotatable bonds is 5. The minimum Gasteiger partial charge on any atom is -0.480 e. The number of carboxylic acids is 1. The van der Waals surface area contributed by atoms with Crippen LogP contribution in [-0.4, -0.2) is 23.0 Å². The van der Waals surface area contributed by atoms with E-state index in [4.69, 9.17) is 16.7 Å². The first-order chi connectivity index (χ1) is 8.99. The summed E-state index contributed by atoms with van der Waals surface area (Å²) in [5, 5.41) is 12.2. The quantitative estimate of drug-likeness (QED) is 0.872. The summed E-state index contributed by atoms with van der Waals surface area (Å²) in [6, 6.07) is 4.21. The molecule has 4 nitrogen and oxygen atoms in total. The van der Waals surface area contributed by atoms with E-state index in [-0.39, 0.29) is 5.91 Å². The molecular weight excluding hydrogens is 266 g/mol. The van der Waals surface area contributed by atoms with E-state index in [0.29, 0.717) is 28.5 Å². The molecule has 1 saturated carbocycles. The van der Waals surface area contributed by atoms with Gasteiger partial charge in [0.25, 0.3) is 5.91 Å². The van der Waals surface area contributed by atoms with Crippen LogP contribution in [0.5, 0.6) is 0 Å². The molecule has 1 atom stereocenters. The fourth-order valence-corrected chi connectivity index (χ4v) is 2.17. The number of nitrogens with one attached hydrogen (secondary N) is 1. The Labute approximate surface area is 116 Å². The van der Waals surface area contributed by atoms with E-state index in [0.717, 1.165) is 12.8 Å². The molecule has 19 heavy (non-hydrogen) atoms. The Balaban J connectivity index is 2.09. The van der Waals surface area contributed by atoms with E-state index >= 15 is 0 Å². The number of hydrogen-bond donors (Lipinski definition) is 2. The molecule has 5 heteroatoms. The summed E-state index contributed by atoms with van der Waals surface area (Å²) >= 11 is 5.96. The highest BCUT2D eigenvalue weighted by Gasteiger charge is 2.30. The van der Waals surface area contributed by atoms with Crippen LogP contribution in [0.25, 0.3) is 0 Å². The standard InChI is InChI=1S/C14H16ClNO3/c1-8-10(3-2-4-11(8)15)13(17)16-12(14(18)19)7-9-5-6-9/h2-4,9,12H,5-7H2,1H3,(H,16,17)(H,18,19)/t12-/m0/s1. The summed E-state index contributed by atoms with van der Waals surface area (Å²) in [6.45, 7) is 1.74. The van der Waals surface area contributed by atoms with Gasteiger partial charge < -0.3 is 10.4 Å². The molecule has 1 aliphatic carbocycles. The molecule has 1 aliphatic rings. The van der Waals surface area contributed by atoms with Crippen molar-refractivity contribution < 1.29 is 14.7 Å². The summed E-state index contributed by atoms with van der Waals surface area (Å²) in [5.41, 5.74) is 1.09. The second-order valence-corrected chi connectivity index (χ2v) is 5.36. The van der Waals surface area contributed by atoms with Crippen molar-refractivity contribution in [3.8, 4) is 0 Å². The van der Waals surface area contributed by atoms with Gasteiger partial charge in [-0.05, 0) is 37.0 Å². The smallest absolute Gasteiger partial charge is 0.326 e. The zero-order chi connectivity index (χ0) is 14.0. The van der Waals surface area contributed by atoms with Crippen molar-refractivity contribution >= 4 is 23.5 Å². The summed E-state index contributed by atoms with van der Waals surface area (Å²) in [5.74, 6) is -0.935. The first-order valence-electron chi connectivity index (χ1n) is 6.28. The molecule has 0 radical (unpaired) electrons. The molecule has 0 aliphatic heterocycles. The van der Waals surface area contributed by atoms with Crippen molar-refractivity contribution in [3.05, 3.63) is 34.3 Å². The third-order valence-corrected chi connectivity index (χ3v) is 3.79. The minimum absolute atomic E-state index is 0.381. The fraction of sp³-hybridized carbons (Fsp3) is 0.429. The van der Waals surface area contributed by atoms with E-state index in [2.05, 4.69) is 5.32 Å². The molecule has 2 N–H and O–H groups in total. The summed E-state index contributed by atoms with van der Waals surface area (Å²) < 4.78 is 0. The Kier molecular flexibility index (Phi) is 4.10. The van der Waals surface area contributed by atoms with Crippen LogP contribution in [-0.2, 0) is 4.79 Å². The van der Waals surface area contributed by atoms with Crippen molar-refractivity contribution in [3.63, 3.8) is 0 Å². The largest absolute Gasteiger partial charge is 0.480 e. The number of carbonyl (C=O) groups is 2. The van der Waals surface area contributed by atoms with Crippen molar-refractivity contribution in [2.45, 2.75) is 32.2 Å². The number of benzene rings is 1. The zero-order valence-electron chi connectivity index (χ0n) is 10.6. The predicted octanol–water partition coefficient (Wildman–Crippen LogP) is 2.63. The second-order valence-electron chi connectivity index (χ2n) is 4.96. The average molecular weight is 282 g/mol. The van der Waals surface area contributed by atoms with Gasteiger partial charge in [-0.25, -0.2) is 4.79 Å². The molecular formula is C14H16ClNO3. The Bertz CT molecular complexity index is 511. The Morgan fingerprint density at radius 1 is 1.47 bits per heavy atom. The van der Waals surface area contributed by atoms with Crippen LogP contribution in [0.15, 0.2) is 18.2 Å². The van der Waals surface area contributed by atoms with E-state index in [1.54, 1.807) is 25.1 Å². The number of carboxylic acid groups (broad SMARTS) is 1. The van der Waals surface area contributed by atoms with E-state index < -0.39 is 12.0 Å². The lowest BCUT2D eigenvalue weighted by molar-refractivity contribution is -0.139. The number of aliphatic carboxylic acids is 1. The van der Waals surface area contributed by atoms with E-state index in [1.165, 1.54) is 0 Å². The van der Waals surface area contributed by atoms with Gasteiger partial charge in [0, 0.05) is 10.6 Å². The average Bonchev–Trinajstić information content (AvgIpc) is 3.15. The van der Waals surface area contributed by atoms with Crippen LogP contribution < -0.4 is 5.32 Å². The second kappa shape index (κ2) is 5.61. The van der Waals surface area contributed by atoms with E-state index in [9.17, 15) is 9.59 Å². The molecule has 102 valence electrons. The maximum atomic E-state index is 12.1. The van der Waals surface area contributed by atoms with Crippen LogP contribution in [0.2, 0.25) is 5.02 Å². The van der Waals surface area contributed by atoms with Crippen molar-refractivity contribution in [1.29, 1.82) is 0 Å². The van der Waals surface area contributed by atoms with Gasteiger partial charge in [-0.15, -0.1) is 0 Å². The molecule has 1 amide bonds.